The van der Waals surface area contributed by atoms with Crippen LogP contribution in [0.4, 0.5) is 0 Å². The first-order valence-electron chi connectivity index (χ1n) is 5.90. The Morgan fingerprint density at radius 3 is 2.65 bits per heavy atom. The van der Waals surface area contributed by atoms with Crippen molar-refractivity contribution >= 4 is 11.6 Å². The minimum atomic E-state index is -0.976. The highest BCUT2D eigenvalue weighted by Crippen LogP contribution is 2.20. The number of aromatic carboxylic acids is 1. The van der Waals surface area contributed by atoms with Gasteiger partial charge in [-0.25, -0.2) is 9.78 Å². The van der Waals surface area contributed by atoms with Crippen LogP contribution in [0.1, 0.15) is 15.9 Å². The summed E-state index contributed by atoms with van der Waals surface area (Å²) in [5.41, 5.74) is 2.98. The van der Waals surface area contributed by atoms with E-state index in [-0.39, 0.29) is 5.56 Å². The molecule has 0 saturated heterocycles. The van der Waals surface area contributed by atoms with Crippen LogP contribution >= 0.6 is 0 Å². The number of carbonyl (C=O) groups is 1. The molecule has 0 bridgehead atoms. The van der Waals surface area contributed by atoms with E-state index >= 15 is 0 Å². The van der Waals surface area contributed by atoms with E-state index in [0.29, 0.717) is 11.2 Å². The first-order valence-corrected chi connectivity index (χ1v) is 5.90. The molecular formula is C15H9N3O2. The lowest BCUT2D eigenvalue weighted by atomic mass is 10.1. The van der Waals surface area contributed by atoms with Crippen molar-refractivity contribution in [3.63, 3.8) is 0 Å². The van der Waals surface area contributed by atoms with Gasteiger partial charge in [-0.1, -0.05) is 12.1 Å². The molecule has 0 unspecified atom stereocenters. The summed E-state index contributed by atoms with van der Waals surface area (Å²) in [7, 11) is 0. The lowest BCUT2D eigenvalue weighted by molar-refractivity contribution is 0.0697. The molecule has 20 heavy (non-hydrogen) atoms. The molecule has 0 spiro atoms. The summed E-state index contributed by atoms with van der Waals surface area (Å²) >= 11 is 0. The number of hydrogen-bond acceptors (Lipinski definition) is 3. The van der Waals surface area contributed by atoms with E-state index in [0.717, 1.165) is 11.3 Å². The fourth-order valence-corrected chi connectivity index (χ4v) is 1.97. The second-order valence-electron chi connectivity index (χ2n) is 4.30. The predicted octanol–water partition coefficient (Wildman–Crippen LogP) is 2.57. The summed E-state index contributed by atoms with van der Waals surface area (Å²) in [5.74, 6) is -0.976. The zero-order valence-electron chi connectivity index (χ0n) is 10.3. The second-order valence-corrected chi connectivity index (χ2v) is 4.30. The molecule has 1 N–H and O–H groups in total. The van der Waals surface area contributed by atoms with E-state index in [4.69, 9.17) is 10.4 Å². The molecule has 0 fully saturated rings. The molecule has 2 heterocycles. The molecule has 0 atom stereocenters. The van der Waals surface area contributed by atoms with E-state index < -0.39 is 5.97 Å². The molecule has 5 heteroatoms. The van der Waals surface area contributed by atoms with Gasteiger partial charge < -0.3 is 9.51 Å². The quantitative estimate of drug-likeness (QED) is 0.770. The summed E-state index contributed by atoms with van der Waals surface area (Å²) in [4.78, 5) is 15.3. The summed E-state index contributed by atoms with van der Waals surface area (Å²) in [6.07, 6.45) is 3.49. The zero-order valence-corrected chi connectivity index (χ0v) is 10.3. The van der Waals surface area contributed by atoms with Crippen LogP contribution < -0.4 is 0 Å². The first-order chi connectivity index (χ1) is 9.67. The zero-order chi connectivity index (χ0) is 14.1. The number of nitriles is 1. The Labute approximate surface area is 114 Å². The van der Waals surface area contributed by atoms with E-state index in [2.05, 4.69) is 11.1 Å². The highest BCUT2D eigenvalue weighted by molar-refractivity contribution is 5.88. The molecule has 0 saturated carbocycles. The van der Waals surface area contributed by atoms with Gasteiger partial charge >= 0.3 is 5.97 Å². The second kappa shape index (κ2) is 4.52. The third-order valence-electron chi connectivity index (χ3n) is 3.02. The van der Waals surface area contributed by atoms with Crippen LogP contribution in [0, 0.1) is 11.3 Å². The first kappa shape index (κ1) is 11.9. The summed E-state index contributed by atoms with van der Waals surface area (Å²) in [6.45, 7) is 0. The van der Waals surface area contributed by atoms with Crippen molar-refractivity contribution in [2.75, 3.05) is 0 Å². The number of aromatic nitrogens is 2. The molecule has 0 aliphatic carbocycles. The smallest absolute Gasteiger partial charge is 0.335 e. The maximum Gasteiger partial charge on any atom is 0.335 e. The number of nitrogens with zero attached hydrogens (tertiary/aromatic N) is 3. The molecular weight excluding hydrogens is 254 g/mol. The van der Waals surface area contributed by atoms with Crippen molar-refractivity contribution in [1.82, 2.24) is 9.38 Å². The van der Waals surface area contributed by atoms with E-state index in [1.165, 1.54) is 12.1 Å². The molecule has 1 aromatic carbocycles. The SMILES string of the molecule is N#Cc1ccc(-c2cn3ccc(C(=O)O)cc3n2)cc1. The van der Waals surface area contributed by atoms with Crippen molar-refractivity contribution in [2.24, 2.45) is 0 Å². The normalized spacial score (nSPS) is 10.3. The maximum atomic E-state index is 10.9. The number of benzene rings is 1. The summed E-state index contributed by atoms with van der Waals surface area (Å²) < 4.78 is 1.76. The van der Waals surface area contributed by atoms with Crippen LogP contribution in [0.5, 0.6) is 0 Å². The van der Waals surface area contributed by atoms with E-state index in [1.54, 1.807) is 22.7 Å². The largest absolute Gasteiger partial charge is 0.478 e. The van der Waals surface area contributed by atoms with Gasteiger partial charge in [0.2, 0.25) is 0 Å². The van der Waals surface area contributed by atoms with Crippen molar-refractivity contribution in [2.45, 2.75) is 0 Å². The van der Waals surface area contributed by atoms with Gasteiger partial charge in [0.1, 0.15) is 5.65 Å². The average Bonchev–Trinajstić information content (AvgIpc) is 2.90. The molecule has 0 radical (unpaired) electrons. The lowest BCUT2D eigenvalue weighted by Crippen LogP contribution is -1.96. The number of carboxylic acids is 1. The molecule has 0 aliphatic rings. The van der Waals surface area contributed by atoms with Gasteiger partial charge in [0.05, 0.1) is 22.9 Å². The topological polar surface area (TPSA) is 78.4 Å². The molecule has 5 nitrogen and oxygen atoms in total. The van der Waals surface area contributed by atoms with Crippen molar-refractivity contribution < 1.29 is 9.90 Å². The fourth-order valence-electron chi connectivity index (χ4n) is 1.97. The van der Waals surface area contributed by atoms with Crippen molar-refractivity contribution in [3.8, 4) is 17.3 Å². The predicted molar refractivity (Wildman–Crippen MR) is 72.3 cm³/mol. The summed E-state index contributed by atoms with van der Waals surface area (Å²) in [5, 5.41) is 17.7. The molecule has 3 rings (SSSR count). The Balaban J connectivity index is 2.08. The Morgan fingerprint density at radius 1 is 1.25 bits per heavy atom. The average molecular weight is 263 g/mol. The summed E-state index contributed by atoms with van der Waals surface area (Å²) in [6, 6.07) is 12.2. The number of rotatable bonds is 2. The minimum absolute atomic E-state index is 0.203. The number of imidazole rings is 1. The number of pyridine rings is 1. The Morgan fingerprint density at radius 2 is 2.00 bits per heavy atom. The fraction of sp³-hybridized carbons (Fsp3) is 0. The van der Waals surface area contributed by atoms with Gasteiger partial charge in [-0.2, -0.15) is 5.26 Å². The van der Waals surface area contributed by atoms with Gasteiger partial charge in [0.15, 0.2) is 0 Å². The van der Waals surface area contributed by atoms with Crippen LogP contribution in [0.3, 0.4) is 0 Å². The lowest BCUT2D eigenvalue weighted by Gasteiger charge is -1.94. The maximum absolute atomic E-state index is 10.9. The molecule has 2 aromatic heterocycles. The number of fused-ring (bicyclic) bond motifs is 1. The van der Waals surface area contributed by atoms with Crippen molar-refractivity contribution in [1.29, 1.82) is 5.26 Å². The van der Waals surface area contributed by atoms with Crippen molar-refractivity contribution in [3.05, 3.63) is 59.9 Å². The van der Waals surface area contributed by atoms with E-state index in [1.807, 2.05) is 18.3 Å². The van der Waals surface area contributed by atoms with Gasteiger partial charge in [0, 0.05) is 18.0 Å². The monoisotopic (exact) mass is 263 g/mol. The van der Waals surface area contributed by atoms with Crippen LogP contribution in [-0.2, 0) is 0 Å². The standard InChI is InChI=1S/C15H9N3O2/c16-8-10-1-3-11(4-2-10)13-9-18-6-5-12(15(19)20)7-14(18)17-13/h1-7,9H,(H,19,20). The van der Waals surface area contributed by atoms with Crippen LogP contribution in [0.2, 0.25) is 0 Å². The van der Waals surface area contributed by atoms with E-state index in [9.17, 15) is 4.79 Å². The Bertz CT molecular complexity index is 842. The Hall–Kier alpha value is -3.13. The van der Waals surface area contributed by atoms with Gasteiger partial charge in [-0.05, 0) is 24.3 Å². The van der Waals surface area contributed by atoms with Gasteiger partial charge in [0.25, 0.3) is 0 Å². The highest BCUT2D eigenvalue weighted by atomic mass is 16.4. The molecule has 0 amide bonds. The third-order valence-corrected chi connectivity index (χ3v) is 3.02. The minimum Gasteiger partial charge on any atom is -0.478 e. The van der Waals surface area contributed by atoms with Crippen LogP contribution in [0.15, 0.2) is 48.8 Å². The molecule has 0 aliphatic heterocycles. The van der Waals surface area contributed by atoms with Crippen LogP contribution in [-0.4, -0.2) is 20.5 Å². The van der Waals surface area contributed by atoms with Gasteiger partial charge in [-0.15, -0.1) is 0 Å². The Kier molecular flexibility index (Phi) is 2.70. The van der Waals surface area contributed by atoms with Crippen LogP contribution in [0.25, 0.3) is 16.9 Å². The third kappa shape index (κ3) is 1.99. The molecule has 3 aromatic rings. The number of hydrogen-bond donors (Lipinski definition) is 1. The number of carboxylic acid groups (broad SMARTS) is 1. The molecule has 96 valence electrons. The highest BCUT2D eigenvalue weighted by Gasteiger charge is 2.08. The van der Waals surface area contributed by atoms with Gasteiger partial charge in [-0.3, -0.25) is 0 Å².